The largest absolute Gasteiger partial charge is 0.493 e. The topological polar surface area (TPSA) is 59.9 Å². The number of amidine groups is 1. The molecule has 3 rings (SSSR count). The van der Waals surface area contributed by atoms with Crippen molar-refractivity contribution < 1.29 is 18.7 Å². The van der Waals surface area contributed by atoms with Crippen LogP contribution in [-0.2, 0) is 4.79 Å². The first-order valence-electron chi connectivity index (χ1n) is 7.95. The summed E-state index contributed by atoms with van der Waals surface area (Å²) in [6.45, 7) is 2.44. The molecule has 0 aliphatic carbocycles. The lowest BCUT2D eigenvalue weighted by Crippen LogP contribution is -2.19. The van der Waals surface area contributed by atoms with Gasteiger partial charge in [0.1, 0.15) is 5.82 Å². The number of amides is 1. The fourth-order valence-corrected chi connectivity index (χ4v) is 3.16. The SMILES string of the molecule is CCOc1ccc(/C=C2/SC(=Nc3ccc(F)cc3)NC2=O)cc1OC. The van der Waals surface area contributed by atoms with Gasteiger partial charge in [-0.2, -0.15) is 0 Å². The standard InChI is InChI=1S/C19H17FN2O3S/c1-3-25-15-9-4-12(10-16(15)24-2)11-17-18(23)22-19(26-17)21-14-7-5-13(20)6-8-14/h4-11H,3H2,1-2H3,(H,21,22,23)/b17-11+. The van der Waals surface area contributed by atoms with E-state index >= 15 is 0 Å². The number of nitrogens with one attached hydrogen (secondary N) is 1. The van der Waals surface area contributed by atoms with Gasteiger partial charge in [0.25, 0.3) is 5.91 Å². The maximum Gasteiger partial charge on any atom is 0.264 e. The Labute approximate surface area is 154 Å². The van der Waals surface area contributed by atoms with Crippen LogP contribution in [-0.4, -0.2) is 24.8 Å². The second kappa shape index (κ2) is 8.05. The van der Waals surface area contributed by atoms with E-state index < -0.39 is 0 Å². The van der Waals surface area contributed by atoms with Gasteiger partial charge >= 0.3 is 0 Å². The molecule has 0 spiro atoms. The highest BCUT2D eigenvalue weighted by Crippen LogP contribution is 2.32. The third-order valence-corrected chi connectivity index (χ3v) is 4.40. The van der Waals surface area contributed by atoms with Crippen molar-refractivity contribution in [2.24, 2.45) is 4.99 Å². The van der Waals surface area contributed by atoms with Crippen molar-refractivity contribution in [3.8, 4) is 11.5 Å². The molecule has 26 heavy (non-hydrogen) atoms. The summed E-state index contributed by atoms with van der Waals surface area (Å²) in [5, 5.41) is 3.15. The number of hydrogen-bond acceptors (Lipinski definition) is 5. The molecule has 1 fully saturated rings. The van der Waals surface area contributed by atoms with Crippen LogP contribution in [0.2, 0.25) is 0 Å². The minimum Gasteiger partial charge on any atom is -0.493 e. The van der Waals surface area contributed by atoms with E-state index in [1.54, 1.807) is 37.5 Å². The smallest absolute Gasteiger partial charge is 0.264 e. The van der Waals surface area contributed by atoms with E-state index in [0.717, 1.165) is 5.56 Å². The molecule has 5 nitrogen and oxygen atoms in total. The van der Waals surface area contributed by atoms with Crippen LogP contribution in [0.25, 0.3) is 6.08 Å². The zero-order valence-corrected chi connectivity index (χ0v) is 15.1. The first-order valence-corrected chi connectivity index (χ1v) is 8.76. The lowest BCUT2D eigenvalue weighted by atomic mass is 10.2. The molecule has 1 saturated heterocycles. The van der Waals surface area contributed by atoms with E-state index in [0.29, 0.717) is 33.9 Å². The van der Waals surface area contributed by atoms with Crippen LogP contribution in [0.3, 0.4) is 0 Å². The van der Waals surface area contributed by atoms with Gasteiger partial charge < -0.3 is 14.8 Å². The number of thioether (sulfide) groups is 1. The number of ether oxygens (including phenoxy) is 2. The molecular formula is C19H17FN2O3S. The maximum absolute atomic E-state index is 13.0. The van der Waals surface area contributed by atoms with Gasteiger partial charge in [-0.05, 0) is 66.7 Å². The normalized spacial score (nSPS) is 16.8. The summed E-state index contributed by atoms with van der Waals surface area (Å²) in [4.78, 5) is 17.0. The number of carbonyl (C=O) groups is 1. The lowest BCUT2D eigenvalue weighted by molar-refractivity contribution is -0.115. The van der Waals surface area contributed by atoms with Crippen LogP contribution in [0.4, 0.5) is 10.1 Å². The highest BCUT2D eigenvalue weighted by Gasteiger charge is 2.24. The van der Waals surface area contributed by atoms with E-state index in [-0.39, 0.29) is 11.7 Å². The molecule has 0 unspecified atom stereocenters. The second-order valence-electron chi connectivity index (χ2n) is 5.30. The average molecular weight is 372 g/mol. The van der Waals surface area contributed by atoms with Gasteiger partial charge in [-0.15, -0.1) is 0 Å². The molecule has 0 saturated carbocycles. The molecule has 7 heteroatoms. The predicted molar refractivity (Wildman–Crippen MR) is 101 cm³/mol. The van der Waals surface area contributed by atoms with Crippen LogP contribution in [0, 0.1) is 5.82 Å². The summed E-state index contributed by atoms with van der Waals surface area (Å²) in [5.41, 5.74) is 1.38. The van der Waals surface area contributed by atoms with E-state index in [2.05, 4.69) is 10.3 Å². The molecule has 1 aliphatic rings. The van der Waals surface area contributed by atoms with E-state index in [1.807, 2.05) is 13.0 Å². The summed E-state index contributed by atoms with van der Waals surface area (Å²) >= 11 is 1.23. The Kier molecular flexibility index (Phi) is 5.58. The molecule has 2 aromatic rings. The summed E-state index contributed by atoms with van der Waals surface area (Å²) in [6.07, 6.45) is 1.76. The summed E-state index contributed by atoms with van der Waals surface area (Å²) in [5.74, 6) is 0.690. The quantitative estimate of drug-likeness (QED) is 0.802. The van der Waals surface area contributed by atoms with E-state index in [1.165, 1.54) is 23.9 Å². The van der Waals surface area contributed by atoms with Gasteiger partial charge in [0, 0.05) is 0 Å². The molecule has 0 radical (unpaired) electrons. The van der Waals surface area contributed by atoms with Crippen LogP contribution in [0.15, 0.2) is 52.4 Å². The Morgan fingerprint density at radius 2 is 1.96 bits per heavy atom. The Morgan fingerprint density at radius 3 is 2.65 bits per heavy atom. The van der Waals surface area contributed by atoms with Gasteiger partial charge in [0.2, 0.25) is 0 Å². The zero-order chi connectivity index (χ0) is 18.5. The zero-order valence-electron chi connectivity index (χ0n) is 14.3. The van der Waals surface area contributed by atoms with Gasteiger partial charge in [0.15, 0.2) is 16.7 Å². The fourth-order valence-electron chi connectivity index (χ4n) is 2.31. The number of rotatable bonds is 5. The Morgan fingerprint density at radius 1 is 1.19 bits per heavy atom. The lowest BCUT2D eigenvalue weighted by Gasteiger charge is -2.09. The first kappa shape index (κ1) is 18.0. The summed E-state index contributed by atoms with van der Waals surface area (Å²) in [7, 11) is 1.57. The molecule has 1 heterocycles. The molecule has 0 aromatic heterocycles. The minimum atomic E-state index is -0.331. The monoisotopic (exact) mass is 372 g/mol. The van der Waals surface area contributed by atoms with E-state index in [4.69, 9.17) is 9.47 Å². The number of nitrogens with zero attached hydrogens (tertiary/aromatic N) is 1. The third-order valence-electron chi connectivity index (χ3n) is 3.49. The van der Waals surface area contributed by atoms with Gasteiger partial charge in [-0.3, -0.25) is 4.79 Å². The van der Waals surface area contributed by atoms with Crippen LogP contribution < -0.4 is 14.8 Å². The van der Waals surface area contributed by atoms with Crippen molar-refractivity contribution in [1.29, 1.82) is 0 Å². The highest BCUT2D eigenvalue weighted by atomic mass is 32.2. The average Bonchev–Trinajstić information content (AvgIpc) is 2.97. The van der Waals surface area contributed by atoms with Crippen LogP contribution >= 0.6 is 11.8 Å². The summed E-state index contributed by atoms with van der Waals surface area (Å²) in [6, 6.07) is 11.2. The van der Waals surface area contributed by atoms with Crippen LogP contribution in [0.1, 0.15) is 12.5 Å². The molecule has 1 N–H and O–H groups in total. The van der Waals surface area contributed by atoms with Crippen molar-refractivity contribution in [2.45, 2.75) is 6.92 Å². The third kappa shape index (κ3) is 4.23. The van der Waals surface area contributed by atoms with Crippen molar-refractivity contribution >= 4 is 34.6 Å². The minimum absolute atomic E-state index is 0.233. The first-order chi connectivity index (χ1) is 12.6. The molecule has 1 aliphatic heterocycles. The number of hydrogen-bond donors (Lipinski definition) is 1. The van der Waals surface area contributed by atoms with Crippen molar-refractivity contribution in [1.82, 2.24) is 5.32 Å². The fraction of sp³-hybridized carbons (Fsp3) is 0.158. The number of halogens is 1. The predicted octanol–water partition coefficient (Wildman–Crippen LogP) is 4.12. The van der Waals surface area contributed by atoms with Gasteiger partial charge in [-0.25, -0.2) is 9.38 Å². The Bertz CT molecular complexity index is 879. The molecule has 0 bridgehead atoms. The summed E-state index contributed by atoms with van der Waals surface area (Å²) < 4.78 is 23.8. The van der Waals surface area contributed by atoms with Gasteiger partial charge in [0.05, 0.1) is 24.3 Å². The molecule has 2 aromatic carbocycles. The maximum atomic E-state index is 13.0. The molecular weight excluding hydrogens is 355 g/mol. The van der Waals surface area contributed by atoms with Crippen molar-refractivity contribution in [3.05, 3.63) is 58.8 Å². The Hall–Kier alpha value is -2.80. The molecule has 0 atom stereocenters. The number of carbonyl (C=O) groups excluding carboxylic acids is 1. The van der Waals surface area contributed by atoms with Gasteiger partial charge in [-0.1, -0.05) is 6.07 Å². The van der Waals surface area contributed by atoms with E-state index in [9.17, 15) is 9.18 Å². The number of methoxy groups -OCH3 is 1. The molecule has 1 amide bonds. The highest BCUT2D eigenvalue weighted by molar-refractivity contribution is 8.18. The molecule has 134 valence electrons. The number of benzene rings is 2. The van der Waals surface area contributed by atoms with Crippen molar-refractivity contribution in [3.63, 3.8) is 0 Å². The van der Waals surface area contributed by atoms with Crippen LogP contribution in [0.5, 0.6) is 11.5 Å². The Balaban J connectivity index is 1.81. The number of aliphatic imine (C=N–C) groups is 1. The van der Waals surface area contributed by atoms with Crippen molar-refractivity contribution in [2.75, 3.05) is 13.7 Å². The second-order valence-corrected chi connectivity index (χ2v) is 6.33.